The molecule has 1 saturated carbocycles. The number of benzene rings is 2. The average molecular weight is 410 g/mol. The number of esters is 1. The standard InChI is InChI=1S/C19H20ClNO5S/c1-25-19(22)13-6-11-17(20)18(12-13)27(23,24)21-14-7-9-16(10-8-14)26-15-4-2-3-5-15/h6-12,15,21H,2-5H2,1H3. The van der Waals surface area contributed by atoms with E-state index in [9.17, 15) is 13.2 Å². The Morgan fingerprint density at radius 1 is 1.11 bits per heavy atom. The second-order valence-electron chi connectivity index (χ2n) is 6.29. The molecule has 0 heterocycles. The fourth-order valence-electron chi connectivity index (χ4n) is 2.96. The summed E-state index contributed by atoms with van der Waals surface area (Å²) in [7, 11) is -2.75. The number of hydrogen-bond donors (Lipinski definition) is 1. The number of anilines is 1. The van der Waals surface area contributed by atoms with Gasteiger partial charge in [-0.2, -0.15) is 0 Å². The van der Waals surface area contributed by atoms with Crippen molar-refractivity contribution in [2.24, 2.45) is 0 Å². The molecule has 3 rings (SSSR count). The first-order chi connectivity index (χ1) is 12.9. The second kappa shape index (κ2) is 8.19. The van der Waals surface area contributed by atoms with Gasteiger partial charge in [-0.3, -0.25) is 4.72 Å². The Morgan fingerprint density at radius 3 is 2.41 bits per heavy atom. The van der Waals surface area contributed by atoms with Gasteiger partial charge in [0.2, 0.25) is 0 Å². The molecular formula is C19H20ClNO5S. The number of sulfonamides is 1. The number of ether oxygens (including phenoxy) is 2. The number of hydrogen-bond acceptors (Lipinski definition) is 5. The van der Waals surface area contributed by atoms with E-state index in [1.54, 1.807) is 24.3 Å². The van der Waals surface area contributed by atoms with Crippen molar-refractivity contribution in [2.75, 3.05) is 11.8 Å². The minimum absolute atomic E-state index is 0.0105. The van der Waals surface area contributed by atoms with Crippen molar-refractivity contribution in [2.45, 2.75) is 36.7 Å². The monoisotopic (exact) mass is 409 g/mol. The van der Waals surface area contributed by atoms with Crippen LogP contribution in [0.1, 0.15) is 36.0 Å². The first-order valence-corrected chi connectivity index (χ1v) is 10.4. The van der Waals surface area contributed by atoms with E-state index in [1.807, 2.05) is 0 Å². The van der Waals surface area contributed by atoms with E-state index in [0.717, 1.165) is 12.8 Å². The smallest absolute Gasteiger partial charge is 0.337 e. The zero-order valence-corrected chi connectivity index (χ0v) is 16.3. The summed E-state index contributed by atoms with van der Waals surface area (Å²) in [6.07, 6.45) is 4.67. The van der Waals surface area contributed by atoms with Crippen LogP contribution in [-0.4, -0.2) is 27.6 Å². The Morgan fingerprint density at radius 2 is 1.78 bits per heavy atom. The lowest BCUT2D eigenvalue weighted by atomic mass is 10.2. The highest BCUT2D eigenvalue weighted by Gasteiger charge is 2.21. The van der Waals surface area contributed by atoms with Crippen molar-refractivity contribution in [3.63, 3.8) is 0 Å². The number of methoxy groups -OCH3 is 1. The van der Waals surface area contributed by atoms with E-state index < -0.39 is 16.0 Å². The van der Waals surface area contributed by atoms with Crippen molar-refractivity contribution in [3.8, 4) is 5.75 Å². The molecule has 0 amide bonds. The van der Waals surface area contributed by atoms with Crippen LogP contribution < -0.4 is 9.46 Å². The quantitative estimate of drug-likeness (QED) is 0.721. The Bertz CT molecular complexity index is 922. The zero-order chi connectivity index (χ0) is 19.4. The first-order valence-electron chi connectivity index (χ1n) is 8.56. The minimum Gasteiger partial charge on any atom is -0.490 e. The normalized spacial score (nSPS) is 14.7. The zero-order valence-electron chi connectivity index (χ0n) is 14.8. The molecule has 2 aromatic carbocycles. The summed E-state index contributed by atoms with van der Waals surface area (Å²) in [4.78, 5) is 11.5. The third kappa shape index (κ3) is 4.73. The van der Waals surface area contributed by atoms with Crippen molar-refractivity contribution in [3.05, 3.63) is 53.1 Å². The first kappa shape index (κ1) is 19.5. The molecule has 0 atom stereocenters. The fourth-order valence-corrected chi connectivity index (χ4v) is 4.55. The van der Waals surface area contributed by atoms with Gasteiger partial charge < -0.3 is 9.47 Å². The Hall–Kier alpha value is -2.25. The molecule has 0 saturated heterocycles. The fraction of sp³-hybridized carbons (Fsp3) is 0.316. The van der Waals surface area contributed by atoms with Crippen molar-refractivity contribution >= 4 is 33.3 Å². The van der Waals surface area contributed by atoms with E-state index in [4.69, 9.17) is 16.3 Å². The van der Waals surface area contributed by atoms with Gasteiger partial charge in [-0.15, -0.1) is 0 Å². The summed E-state index contributed by atoms with van der Waals surface area (Å²) in [5.74, 6) is 0.0621. The summed E-state index contributed by atoms with van der Waals surface area (Å²) in [5.41, 5.74) is 0.468. The third-order valence-corrected chi connectivity index (χ3v) is 6.22. The van der Waals surface area contributed by atoms with Crippen LogP contribution in [0.15, 0.2) is 47.4 Å². The Labute approximate surface area is 163 Å². The minimum atomic E-state index is -3.97. The van der Waals surface area contributed by atoms with Crippen molar-refractivity contribution in [1.29, 1.82) is 0 Å². The summed E-state index contributed by atoms with van der Waals surface area (Å²) >= 11 is 6.02. The number of carbonyl (C=O) groups excluding carboxylic acids is 1. The molecule has 0 aliphatic heterocycles. The molecule has 0 radical (unpaired) electrons. The van der Waals surface area contributed by atoms with Gasteiger partial charge in [0.05, 0.1) is 23.8 Å². The van der Waals surface area contributed by atoms with Gasteiger partial charge >= 0.3 is 5.97 Å². The number of rotatable bonds is 6. The van der Waals surface area contributed by atoms with E-state index >= 15 is 0 Å². The van der Waals surface area contributed by atoms with Gasteiger partial charge in [-0.05, 0) is 68.1 Å². The molecular weight excluding hydrogens is 390 g/mol. The molecule has 0 aromatic heterocycles. The molecule has 6 nitrogen and oxygen atoms in total. The van der Waals surface area contributed by atoms with Crippen LogP contribution in [0.2, 0.25) is 5.02 Å². The number of nitrogens with one attached hydrogen (secondary N) is 1. The highest BCUT2D eigenvalue weighted by molar-refractivity contribution is 7.92. The van der Waals surface area contributed by atoms with Gasteiger partial charge in [0.15, 0.2) is 0 Å². The lowest BCUT2D eigenvalue weighted by molar-refractivity contribution is 0.0600. The topological polar surface area (TPSA) is 81.7 Å². The number of halogens is 1. The van der Waals surface area contributed by atoms with Crippen LogP contribution in [-0.2, 0) is 14.8 Å². The maximum absolute atomic E-state index is 12.7. The van der Waals surface area contributed by atoms with Gasteiger partial charge in [0, 0.05) is 5.69 Å². The van der Waals surface area contributed by atoms with Crippen LogP contribution in [0.3, 0.4) is 0 Å². The summed E-state index contributed by atoms with van der Waals surface area (Å²) in [5, 5.41) is 0.0105. The van der Waals surface area contributed by atoms with Gasteiger partial charge in [-0.1, -0.05) is 11.6 Å². The maximum Gasteiger partial charge on any atom is 0.337 e. The van der Waals surface area contributed by atoms with E-state index in [0.29, 0.717) is 11.4 Å². The molecule has 8 heteroatoms. The van der Waals surface area contributed by atoms with Crippen LogP contribution in [0.4, 0.5) is 5.69 Å². The Balaban J connectivity index is 1.77. The van der Waals surface area contributed by atoms with Crippen molar-refractivity contribution < 1.29 is 22.7 Å². The maximum atomic E-state index is 12.7. The average Bonchev–Trinajstić information content (AvgIpc) is 3.16. The number of carbonyl (C=O) groups is 1. The molecule has 1 N–H and O–H groups in total. The predicted octanol–water partition coefficient (Wildman–Crippen LogP) is 4.25. The predicted molar refractivity (Wildman–Crippen MR) is 103 cm³/mol. The SMILES string of the molecule is COC(=O)c1ccc(Cl)c(S(=O)(=O)Nc2ccc(OC3CCCC3)cc2)c1. The Kier molecular flexibility index (Phi) is 5.92. The molecule has 27 heavy (non-hydrogen) atoms. The molecule has 0 spiro atoms. The van der Waals surface area contributed by atoms with Gasteiger partial charge in [-0.25, -0.2) is 13.2 Å². The van der Waals surface area contributed by atoms with Gasteiger partial charge in [0.25, 0.3) is 10.0 Å². The molecule has 0 bridgehead atoms. The molecule has 0 unspecified atom stereocenters. The van der Waals surface area contributed by atoms with E-state index in [1.165, 1.54) is 38.2 Å². The molecule has 2 aromatic rings. The lowest BCUT2D eigenvalue weighted by Crippen LogP contribution is -2.15. The summed E-state index contributed by atoms with van der Waals surface area (Å²) in [6, 6.07) is 10.6. The lowest BCUT2D eigenvalue weighted by Gasteiger charge is -2.14. The molecule has 1 aliphatic rings. The van der Waals surface area contributed by atoms with E-state index in [2.05, 4.69) is 9.46 Å². The second-order valence-corrected chi connectivity index (χ2v) is 8.35. The summed E-state index contributed by atoms with van der Waals surface area (Å²) in [6.45, 7) is 0. The highest BCUT2D eigenvalue weighted by Crippen LogP contribution is 2.28. The van der Waals surface area contributed by atoms with Crippen molar-refractivity contribution in [1.82, 2.24) is 0 Å². The summed E-state index contributed by atoms with van der Waals surface area (Å²) < 4.78 is 38.3. The van der Waals surface area contributed by atoms with Crippen LogP contribution in [0, 0.1) is 0 Å². The molecule has 1 aliphatic carbocycles. The van der Waals surface area contributed by atoms with Gasteiger partial charge in [0.1, 0.15) is 10.6 Å². The van der Waals surface area contributed by atoms with E-state index in [-0.39, 0.29) is 21.6 Å². The third-order valence-electron chi connectivity index (χ3n) is 4.35. The van der Waals surface area contributed by atoms with Crippen LogP contribution >= 0.6 is 11.6 Å². The largest absolute Gasteiger partial charge is 0.490 e. The highest BCUT2D eigenvalue weighted by atomic mass is 35.5. The molecule has 1 fully saturated rings. The van der Waals surface area contributed by atoms with Crippen LogP contribution in [0.25, 0.3) is 0 Å². The molecule has 144 valence electrons. The van der Waals surface area contributed by atoms with Crippen LogP contribution in [0.5, 0.6) is 5.75 Å².